The first-order chi connectivity index (χ1) is 27.0. The van der Waals surface area contributed by atoms with E-state index in [2.05, 4.69) is 27.4 Å². The molecule has 1 atom stereocenters. The molecule has 2 amide bonds. The molecule has 3 fully saturated rings. The zero-order valence-electron chi connectivity index (χ0n) is 32.8. The Labute approximate surface area is 339 Å². The molecule has 3 saturated heterocycles. The lowest BCUT2D eigenvalue weighted by molar-refractivity contribution is -0.145. The van der Waals surface area contributed by atoms with Gasteiger partial charge in [0.1, 0.15) is 0 Å². The lowest BCUT2D eigenvalue weighted by Crippen LogP contribution is -2.59. The molecule has 3 aromatic carbocycles. The molecule has 0 saturated carbocycles. The van der Waals surface area contributed by atoms with Crippen LogP contribution in [0.5, 0.6) is 17.2 Å². The highest BCUT2D eigenvalue weighted by molar-refractivity contribution is 6.42. The summed E-state index contributed by atoms with van der Waals surface area (Å²) in [7, 11) is 4.60. The average Bonchev–Trinajstić information content (AvgIpc) is 3.67. The van der Waals surface area contributed by atoms with E-state index in [1.807, 2.05) is 46.3 Å². The fourth-order valence-electron chi connectivity index (χ4n) is 8.44. The number of piperazine rings is 1. The first-order valence-electron chi connectivity index (χ1n) is 19.3. The summed E-state index contributed by atoms with van der Waals surface area (Å²) in [5.74, 6) is 0.929. The van der Waals surface area contributed by atoms with E-state index in [4.69, 9.17) is 42.1 Å². The third-order valence-corrected chi connectivity index (χ3v) is 12.5. The van der Waals surface area contributed by atoms with Crippen molar-refractivity contribution >= 4 is 41.0 Å². The number of nitrogens with zero attached hydrogens (tertiary/aromatic N) is 4. The second-order valence-electron chi connectivity index (χ2n) is 14.8. The second-order valence-corrected chi connectivity index (χ2v) is 15.7. The zero-order chi connectivity index (χ0) is 39.9. The lowest BCUT2D eigenvalue weighted by Gasteiger charge is -2.43. The molecular formula is C42H53Cl2N5O7. The molecular weight excluding hydrogens is 757 g/mol. The number of carbonyl (C=O) groups is 3. The Morgan fingerprint density at radius 3 is 2.04 bits per heavy atom. The van der Waals surface area contributed by atoms with Gasteiger partial charge in [-0.1, -0.05) is 59.6 Å². The molecule has 0 radical (unpaired) electrons. The minimum Gasteiger partial charge on any atom is -0.493 e. The predicted octanol–water partition coefficient (Wildman–Crippen LogP) is 5.44. The van der Waals surface area contributed by atoms with E-state index in [0.717, 1.165) is 43.6 Å². The van der Waals surface area contributed by atoms with Gasteiger partial charge in [0, 0.05) is 50.2 Å². The van der Waals surface area contributed by atoms with Crippen LogP contribution < -0.4 is 19.6 Å². The van der Waals surface area contributed by atoms with Crippen molar-refractivity contribution in [1.29, 1.82) is 0 Å². The van der Waals surface area contributed by atoms with Gasteiger partial charge in [-0.15, -0.1) is 0 Å². The first kappa shape index (κ1) is 41.6. The molecule has 3 aliphatic heterocycles. The van der Waals surface area contributed by atoms with Crippen LogP contribution in [-0.2, 0) is 25.2 Å². The molecule has 12 nitrogen and oxygen atoms in total. The number of benzene rings is 3. The maximum absolute atomic E-state index is 14.3. The van der Waals surface area contributed by atoms with Gasteiger partial charge in [0.05, 0.1) is 49.9 Å². The Hall–Kier alpha value is -4.07. The standard InChI is InChI=1S/C42H53Cl2N5O7/c1-5-56-37(50)28-47-21-23-49(24-22-47)45-40(52)42(31-9-7-6-8-10-31)15-18-46(19-16-42)17-13-41(32-11-12-33(43)34(44)27-32)14-20-48(29-41)39(51)30-25-35(53-2)38(55-4)36(26-30)54-3/h6-12,25-27H,5,13-24,28-29H2,1-4H3,(H,45,52)/t41-/m0/s1. The Morgan fingerprint density at radius 1 is 0.750 bits per heavy atom. The maximum Gasteiger partial charge on any atom is 0.320 e. The van der Waals surface area contributed by atoms with Crippen LogP contribution in [0.4, 0.5) is 0 Å². The normalized spacial score (nSPS) is 20.4. The van der Waals surface area contributed by atoms with Crippen molar-refractivity contribution in [2.45, 2.75) is 43.4 Å². The van der Waals surface area contributed by atoms with Crippen LogP contribution in [-0.4, -0.2) is 131 Å². The van der Waals surface area contributed by atoms with E-state index >= 15 is 0 Å². The Kier molecular flexibility index (Phi) is 13.7. The lowest BCUT2D eigenvalue weighted by atomic mass is 9.71. The quantitative estimate of drug-likeness (QED) is 0.212. The summed E-state index contributed by atoms with van der Waals surface area (Å²) in [4.78, 5) is 46.8. The van der Waals surface area contributed by atoms with Crippen molar-refractivity contribution in [1.82, 2.24) is 25.1 Å². The van der Waals surface area contributed by atoms with E-state index in [1.54, 1.807) is 19.1 Å². The Bertz CT molecular complexity index is 1830. The monoisotopic (exact) mass is 809 g/mol. The third kappa shape index (κ3) is 9.05. The highest BCUT2D eigenvalue weighted by Gasteiger charge is 2.46. The van der Waals surface area contributed by atoms with Gasteiger partial charge >= 0.3 is 5.97 Å². The summed E-state index contributed by atoms with van der Waals surface area (Å²) in [5, 5.41) is 2.95. The van der Waals surface area contributed by atoms with Gasteiger partial charge < -0.3 is 28.7 Å². The summed E-state index contributed by atoms with van der Waals surface area (Å²) in [5.41, 5.74) is 4.72. The van der Waals surface area contributed by atoms with Gasteiger partial charge in [0.2, 0.25) is 11.7 Å². The van der Waals surface area contributed by atoms with E-state index in [9.17, 15) is 14.4 Å². The molecule has 3 aromatic rings. The van der Waals surface area contributed by atoms with Gasteiger partial charge in [-0.3, -0.25) is 24.7 Å². The second kappa shape index (κ2) is 18.5. The highest BCUT2D eigenvalue weighted by atomic mass is 35.5. The number of rotatable bonds is 14. The molecule has 0 aromatic heterocycles. The van der Waals surface area contributed by atoms with Crippen molar-refractivity contribution in [3.8, 4) is 17.2 Å². The SMILES string of the molecule is CCOC(=O)CN1CCN(NC(=O)C2(c3ccccc3)CCN(CC[C@]3(c4ccc(Cl)c(Cl)c4)CCN(C(=O)c4cc(OC)c(OC)c(OC)c4)C3)CC2)CC1. The van der Waals surface area contributed by atoms with Crippen molar-refractivity contribution < 1.29 is 33.3 Å². The number of ether oxygens (including phenoxy) is 4. The molecule has 6 rings (SSSR count). The van der Waals surface area contributed by atoms with Gasteiger partial charge in [0.25, 0.3) is 5.91 Å². The largest absolute Gasteiger partial charge is 0.493 e. The van der Waals surface area contributed by atoms with Crippen LogP contribution in [0.15, 0.2) is 60.7 Å². The smallest absolute Gasteiger partial charge is 0.320 e. The molecule has 1 N–H and O–H groups in total. The van der Waals surface area contributed by atoms with Crippen LogP contribution in [0.25, 0.3) is 0 Å². The van der Waals surface area contributed by atoms with Gasteiger partial charge in [-0.2, -0.15) is 0 Å². The number of likely N-dealkylation sites (tertiary alicyclic amines) is 2. The van der Waals surface area contributed by atoms with Crippen molar-refractivity contribution in [2.75, 3.05) is 93.4 Å². The van der Waals surface area contributed by atoms with Crippen LogP contribution in [0.3, 0.4) is 0 Å². The minimum atomic E-state index is -0.682. The molecule has 302 valence electrons. The van der Waals surface area contributed by atoms with Gasteiger partial charge in [-0.05, 0) is 87.6 Å². The van der Waals surface area contributed by atoms with Crippen molar-refractivity contribution in [2.24, 2.45) is 0 Å². The topological polar surface area (TPSA) is 113 Å². The van der Waals surface area contributed by atoms with Crippen LogP contribution >= 0.6 is 23.2 Å². The fraction of sp³-hybridized carbons (Fsp3) is 0.500. The van der Waals surface area contributed by atoms with Crippen LogP contribution in [0.2, 0.25) is 10.0 Å². The third-order valence-electron chi connectivity index (χ3n) is 11.8. The summed E-state index contributed by atoms with van der Waals surface area (Å²) >= 11 is 13.0. The molecule has 56 heavy (non-hydrogen) atoms. The molecule has 0 aliphatic carbocycles. The Balaban J connectivity index is 1.15. The predicted molar refractivity (Wildman–Crippen MR) is 216 cm³/mol. The number of carbonyl (C=O) groups excluding carboxylic acids is 3. The number of hydrazine groups is 1. The Morgan fingerprint density at radius 2 is 1.43 bits per heavy atom. The molecule has 0 unspecified atom stereocenters. The van der Waals surface area contributed by atoms with Crippen LogP contribution in [0, 0.1) is 0 Å². The van der Waals surface area contributed by atoms with Crippen LogP contribution in [0.1, 0.15) is 54.1 Å². The summed E-state index contributed by atoms with van der Waals surface area (Å²) in [6.07, 6.45) is 2.86. The number of nitrogens with one attached hydrogen (secondary N) is 1. The number of halogens is 2. The number of methoxy groups -OCH3 is 3. The summed E-state index contributed by atoms with van der Waals surface area (Å²) in [6, 6.07) is 19.3. The molecule has 14 heteroatoms. The first-order valence-corrected chi connectivity index (χ1v) is 20.1. The molecule has 3 aliphatic rings. The number of esters is 1. The number of piperidine rings is 1. The average molecular weight is 811 g/mol. The van der Waals surface area contributed by atoms with E-state index < -0.39 is 5.41 Å². The molecule has 3 heterocycles. The fourth-order valence-corrected chi connectivity index (χ4v) is 8.73. The number of amides is 2. The number of hydrogen-bond acceptors (Lipinski definition) is 10. The minimum absolute atomic E-state index is 0.00575. The highest BCUT2D eigenvalue weighted by Crippen LogP contribution is 2.43. The summed E-state index contributed by atoms with van der Waals surface area (Å²) in [6.45, 7) is 8.31. The van der Waals surface area contributed by atoms with E-state index in [-0.39, 0.29) is 29.7 Å². The molecule has 0 spiro atoms. The maximum atomic E-state index is 14.3. The molecule has 0 bridgehead atoms. The number of hydrogen-bond donors (Lipinski definition) is 1. The van der Waals surface area contributed by atoms with E-state index in [1.165, 1.54) is 21.3 Å². The van der Waals surface area contributed by atoms with Gasteiger partial charge in [-0.25, -0.2) is 5.01 Å². The van der Waals surface area contributed by atoms with Crippen molar-refractivity contribution in [3.63, 3.8) is 0 Å². The van der Waals surface area contributed by atoms with Crippen molar-refractivity contribution in [3.05, 3.63) is 87.4 Å². The summed E-state index contributed by atoms with van der Waals surface area (Å²) < 4.78 is 21.7. The van der Waals surface area contributed by atoms with E-state index in [0.29, 0.717) is 91.6 Å². The zero-order valence-corrected chi connectivity index (χ0v) is 34.3. The van der Waals surface area contributed by atoms with Gasteiger partial charge in [0.15, 0.2) is 11.5 Å².